The Labute approximate surface area is 104 Å². The second-order valence-corrected chi connectivity index (χ2v) is 3.63. The third kappa shape index (κ3) is 14.4. The van der Waals surface area contributed by atoms with E-state index in [1.165, 1.54) is 32.4 Å². The van der Waals surface area contributed by atoms with Gasteiger partial charge in [-0.2, -0.15) is 0 Å². The Morgan fingerprint density at radius 2 is 1.65 bits per heavy atom. The van der Waals surface area contributed by atoms with Gasteiger partial charge in [-0.25, -0.2) is 0 Å². The maximum atomic E-state index is 10.4. The highest BCUT2D eigenvalue weighted by atomic mass is 16.5. The molecule has 2 heteroatoms. The first-order chi connectivity index (χ1) is 8.27. The van der Waals surface area contributed by atoms with Crippen molar-refractivity contribution < 1.29 is 9.53 Å². The second kappa shape index (κ2) is 12.5. The summed E-state index contributed by atoms with van der Waals surface area (Å²) in [7, 11) is 0. The first-order valence-electron chi connectivity index (χ1n) is 6.09. The van der Waals surface area contributed by atoms with Gasteiger partial charge in [0.1, 0.15) is 0 Å². The number of esters is 1. The lowest BCUT2D eigenvalue weighted by Crippen LogP contribution is -1.88. The zero-order valence-electron chi connectivity index (χ0n) is 10.8. The molecule has 0 aliphatic heterocycles. The minimum Gasteiger partial charge on any atom is -0.435 e. The van der Waals surface area contributed by atoms with Gasteiger partial charge in [-0.1, -0.05) is 56.2 Å². The van der Waals surface area contributed by atoms with Gasteiger partial charge in [0.05, 0.1) is 6.26 Å². The molecule has 0 aromatic rings. The van der Waals surface area contributed by atoms with Crippen molar-refractivity contribution in [1.29, 1.82) is 0 Å². The summed E-state index contributed by atoms with van der Waals surface area (Å²) < 4.78 is 4.62. The first kappa shape index (κ1) is 15.4. The fraction of sp³-hybridized carbons (Fsp3) is 0.400. The van der Waals surface area contributed by atoms with Crippen LogP contribution >= 0.6 is 0 Å². The standard InChI is InChI=1S/C15H22O2/c1-3-4-5-6-7-8-9-10-11-12-13-14-17-15(2)16/h7-14H,3-6H2,1-2H3/b8-7-,10-9+,12-11+,14-13+. The van der Waals surface area contributed by atoms with Crippen molar-refractivity contribution in [3.8, 4) is 0 Å². The van der Waals surface area contributed by atoms with Gasteiger partial charge in [-0.3, -0.25) is 4.79 Å². The molecule has 0 bridgehead atoms. The highest BCUT2D eigenvalue weighted by Gasteiger charge is 1.81. The summed E-state index contributed by atoms with van der Waals surface area (Å²) in [6, 6.07) is 0. The summed E-state index contributed by atoms with van der Waals surface area (Å²) in [5, 5.41) is 0. The van der Waals surface area contributed by atoms with Gasteiger partial charge in [-0.15, -0.1) is 0 Å². The molecule has 0 atom stereocenters. The number of carbonyl (C=O) groups excluding carboxylic acids is 1. The molecule has 0 N–H and O–H groups in total. The topological polar surface area (TPSA) is 26.3 Å². The molecule has 2 nitrogen and oxygen atoms in total. The third-order valence-corrected chi connectivity index (χ3v) is 1.98. The maximum absolute atomic E-state index is 10.4. The molecule has 0 spiro atoms. The minimum atomic E-state index is -0.305. The average molecular weight is 234 g/mol. The van der Waals surface area contributed by atoms with Crippen LogP contribution in [0.1, 0.15) is 39.5 Å². The monoisotopic (exact) mass is 234 g/mol. The van der Waals surface area contributed by atoms with Crippen LogP contribution < -0.4 is 0 Å². The molecule has 0 aliphatic carbocycles. The molecular weight excluding hydrogens is 212 g/mol. The summed E-state index contributed by atoms with van der Waals surface area (Å²) >= 11 is 0. The highest BCUT2D eigenvalue weighted by Crippen LogP contribution is 1.99. The van der Waals surface area contributed by atoms with Crippen molar-refractivity contribution >= 4 is 5.97 Å². The minimum absolute atomic E-state index is 0.305. The Morgan fingerprint density at radius 1 is 1.00 bits per heavy atom. The molecule has 0 aromatic carbocycles. The lowest BCUT2D eigenvalue weighted by atomic mass is 10.2. The Kier molecular flexibility index (Phi) is 11.3. The number of ether oxygens (including phenoxy) is 1. The molecule has 0 rings (SSSR count). The third-order valence-electron chi connectivity index (χ3n) is 1.98. The zero-order valence-corrected chi connectivity index (χ0v) is 10.8. The number of hydrogen-bond acceptors (Lipinski definition) is 2. The fourth-order valence-corrected chi connectivity index (χ4v) is 1.12. The molecular formula is C15H22O2. The Bertz CT molecular complexity index is 296. The van der Waals surface area contributed by atoms with Gasteiger partial charge < -0.3 is 4.74 Å². The molecule has 0 saturated carbocycles. The second-order valence-electron chi connectivity index (χ2n) is 3.63. The molecule has 0 unspecified atom stereocenters. The van der Waals surface area contributed by atoms with Crippen LogP contribution in [-0.4, -0.2) is 5.97 Å². The first-order valence-corrected chi connectivity index (χ1v) is 6.09. The number of unbranched alkanes of at least 4 members (excludes halogenated alkanes) is 3. The van der Waals surface area contributed by atoms with Crippen LogP contribution in [0.4, 0.5) is 0 Å². The van der Waals surface area contributed by atoms with Crippen molar-refractivity contribution in [3.63, 3.8) is 0 Å². The van der Waals surface area contributed by atoms with Gasteiger partial charge in [-0.05, 0) is 18.9 Å². The summed E-state index contributed by atoms with van der Waals surface area (Å²) in [5.74, 6) is -0.305. The van der Waals surface area contributed by atoms with Crippen molar-refractivity contribution in [2.75, 3.05) is 0 Å². The average Bonchev–Trinajstić information content (AvgIpc) is 2.30. The van der Waals surface area contributed by atoms with Gasteiger partial charge in [0.15, 0.2) is 0 Å². The lowest BCUT2D eigenvalue weighted by Gasteiger charge is -1.89. The lowest BCUT2D eigenvalue weighted by molar-refractivity contribution is -0.135. The van der Waals surface area contributed by atoms with E-state index in [9.17, 15) is 4.79 Å². The largest absolute Gasteiger partial charge is 0.435 e. The van der Waals surface area contributed by atoms with Crippen LogP contribution in [0.3, 0.4) is 0 Å². The smallest absolute Gasteiger partial charge is 0.307 e. The summed E-state index contributed by atoms with van der Waals surface area (Å²) in [6.07, 6.45) is 19.9. The fourth-order valence-electron chi connectivity index (χ4n) is 1.12. The zero-order chi connectivity index (χ0) is 12.8. The Balaban J connectivity index is 3.55. The van der Waals surface area contributed by atoms with Gasteiger partial charge in [0.25, 0.3) is 0 Å². The molecule has 0 amide bonds. The van der Waals surface area contributed by atoms with Crippen LogP contribution in [0.5, 0.6) is 0 Å². The van der Waals surface area contributed by atoms with Crippen LogP contribution in [0, 0.1) is 0 Å². The molecule has 17 heavy (non-hydrogen) atoms. The molecule has 0 radical (unpaired) electrons. The molecule has 0 aliphatic rings. The van der Waals surface area contributed by atoms with Gasteiger partial charge in [0.2, 0.25) is 0 Å². The molecule has 0 fully saturated rings. The van der Waals surface area contributed by atoms with Crippen LogP contribution in [0.2, 0.25) is 0 Å². The van der Waals surface area contributed by atoms with E-state index >= 15 is 0 Å². The highest BCUT2D eigenvalue weighted by molar-refractivity contribution is 5.66. The van der Waals surface area contributed by atoms with E-state index in [2.05, 4.69) is 23.8 Å². The van der Waals surface area contributed by atoms with E-state index in [0.29, 0.717) is 0 Å². The van der Waals surface area contributed by atoms with Crippen LogP contribution in [0.25, 0.3) is 0 Å². The van der Waals surface area contributed by atoms with E-state index in [0.717, 1.165) is 6.42 Å². The van der Waals surface area contributed by atoms with Gasteiger partial charge in [0, 0.05) is 6.92 Å². The summed E-state index contributed by atoms with van der Waals surface area (Å²) in [4.78, 5) is 10.4. The predicted molar refractivity (Wildman–Crippen MR) is 72.5 cm³/mol. The molecule has 0 aromatic heterocycles. The number of carbonyl (C=O) groups is 1. The van der Waals surface area contributed by atoms with Crippen molar-refractivity contribution in [2.45, 2.75) is 39.5 Å². The van der Waals surface area contributed by atoms with E-state index < -0.39 is 0 Å². The van der Waals surface area contributed by atoms with Crippen molar-refractivity contribution in [1.82, 2.24) is 0 Å². The number of allylic oxidation sites excluding steroid dienone is 7. The SMILES string of the molecule is CCCCC\C=C/C=C/C=C/C=C/OC(C)=O. The Morgan fingerprint density at radius 3 is 2.29 bits per heavy atom. The summed E-state index contributed by atoms with van der Waals surface area (Å²) in [5.41, 5.74) is 0. The normalized spacial score (nSPS) is 12.4. The van der Waals surface area contributed by atoms with E-state index in [1.807, 2.05) is 24.3 Å². The van der Waals surface area contributed by atoms with Crippen molar-refractivity contribution in [3.05, 3.63) is 48.8 Å². The van der Waals surface area contributed by atoms with E-state index in [1.54, 1.807) is 6.08 Å². The maximum Gasteiger partial charge on any atom is 0.307 e. The van der Waals surface area contributed by atoms with E-state index in [4.69, 9.17) is 0 Å². The quantitative estimate of drug-likeness (QED) is 0.271. The van der Waals surface area contributed by atoms with Crippen LogP contribution in [-0.2, 0) is 9.53 Å². The Hall–Kier alpha value is -1.57. The summed E-state index contributed by atoms with van der Waals surface area (Å²) in [6.45, 7) is 3.58. The molecule has 0 saturated heterocycles. The van der Waals surface area contributed by atoms with Crippen molar-refractivity contribution in [2.24, 2.45) is 0 Å². The molecule has 94 valence electrons. The van der Waals surface area contributed by atoms with Gasteiger partial charge >= 0.3 is 5.97 Å². The van der Waals surface area contributed by atoms with E-state index in [-0.39, 0.29) is 5.97 Å². The van der Waals surface area contributed by atoms with Crippen LogP contribution in [0.15, 0.2) is 48.8 Å². The number of rotatable bonds is 8. The molecule has 0 heterocycles. The number of hydrogen-bond donors (Lipinski definition) is 0. The predicted octanol–water partition coefficient (Wildman–Crippen LogP) is 4.31.